The maximum absolute atomic E-state index is 13.0. The second-order valence-corrected chi connectivity index (χ2v) is 4.76. The zero-order chi connectivity index (χ0) is 15.0. The van der Waals surface area contributed by atoms with Crippen LogP contribution in [0.1, 0.15) is 22.3 Å². The maximum Gasteiger partial charge on any atom is 0.416 e. The van der Waals surface area contributed by atoms with Crippen molar-refractivity contribution in [2.24, 2.45) is 4.99 Å². The highest BCUT2D eigenvalue weighted by Crippen LogP contribution is 2.37. The fourth-order valence-corrected chi connectivity index (χ4v) is 2.39. The minimum absolute atomic E-state index is 0.254. The van der Waals surface area contributed by atoms with E-state index in [1.807, 2.05) is 6.07 Å². The van der Waals surface area contributed by atoms with Crippen molar-refractivity contribution in [1.29, 1.82) is 5.26 Å². The molecule has 0 saturated carbocycles. The molecular formula is C16H9F3N2. The quantitative estimate of drug-likeness (QED) is 0.774. The van der Waals surface area contributed by atoms with Gasteiger partial charge >= 0.3 is 6.18 Å². The van der Waals surface area contributed by atoms with Gasteiger partial charge in [-0.2, -0.15) is 18.4 Å². The fraction of sp³-hybridized carbons (Fsp3) is 0.125. The summed E-state index contributed by atoms with van der Waals surface area (Å²) >= 11 is 0. The van der Waals surface area contributed by atoms with E-state index in [2.05, 4.69) is 4.99 Å². The molecular weight excluding hydrogens is 277 g/mol. The molecule has 3 rings (SSSR count). The van der Waals surface area contributed by atoms with Crippen LogP contribution in [-0.2, 0) is 12.7 Å². The average molecular weight is 286 g/mol. The van der Waals surface area contributed by atoms with E-state index in [1.54, 1.807) is 30.5 Å². The van der Waals surface area contributed by atoms with Gasteiger partial charge in [0.25, 0.3) is 0 Å². The van der Waals surface area contributed by atoms with E-state index in [-0.39, 0.29) is 6.54 Å². The molecule has 2 aromatic carbocycles. The highest BCUT2D eigenvalue weighted by molar-refractivity contribution is 5.94. The summed E-state index contributed by atoms with van der Waals surface area (Å²) in [6, 6.07) is 10.8. The first-order valence-electron chi connectivity index (χ1n) is 6.23. The highest BCUT2D eigenvalue weighted by Gasteiger charge is 2.32. The summed E-state index contributed by atoms with van der Waals surface area (Å²) in [6.07, 6.45) is -2.82. The molecule has 5 heteroatoms. The fourth-order valence-electron chi connectivity index (χ4n) is 2.39. The number of fused-ring (bicyclic) bond motifs is 1. The first kappa shape index (κ1) is 13.4. The third kappa shape index (κ3) is 2.40. The number of hydrogen-bond donors (Lipinski definition) is 0. The van der Waals surface area contributed by atoms with Crippen molar-refractivity contribution < 1.29 is 13.2 Å². The van der Waals surface area contributed by atoms with Crippen LogP contribution < -0.4 is 0 Å². The summed E-state index contributed by atoms with van der Waals surface area (Å²) < 4.78 is 39.0. The van der Waals surface area contributed by atoms with E-state index in [4.69, 9.17) is 5.26 Å². The molecule has 0 N–H and O–H groups in total. The molecule has 0 fully saturated rings. The maximum atomic E-state index is 13.0. The Labute approximate surface area is 119 Å². The van der Waals surface area contributed by atoms with Gasteiger partial charge in [0.2, 0.25) is 0 Å². The number of aliphatic imine (C=N–C) groups is 1. The molecule has 2 nitrogen and oxygen atoms in total. The molecule has 0 spiro atoms. The van der Waals surface area contributed by atoms with Crippen molar-refractivity contribution in [2.75, 3.05) is 0 Å². The van der Waals surface area contributed by atoms with Gasteiger partial charge in [-0.05, 0) is 41.0 Å². The topological polar surface area (TPSA) is 36.1 Å². The van der Waals surface area contributed by atoms with E-state index >= 15 is 0 Å². The largest absolute Gasteiger partial charge is 0.416 e. The van der Waals surface area contributed by atoms with E-state index in [0.29, 0.717) is 27.8 Å². The van der Waals surface area contributed by atoms with Gasteiger partial charge in [0.05, 0.1) is 23.7 Å². The smallest absolute Gasteiger partial charge is 0.288 e. The summed E-state index contributed by atoms with van der Waals surface area (Å²) in [4.78, 5) is 4.05. The van der Waals surface area contributed by atoms with Gasteiger partial charge in [-0.3, -0.25) is 4.99 Å². The Kier molecular flexibility index (Phi) is 3.02. The number of halogens is 3. The Balaban J connectivity index is 2.24. The van der Waals surface area contributed by atoms with Crippen molar-refractivity contribution in [2.45, 2.75) is 12.7 Å². The van der Waals surface area contributed by atoms with Crippen LogP contribution in [0.15, 0.2) is 41.4 Å². The van der Waals surface area contributed by atoms with Crippen LogP contribution in [0.5, 0.6) is 0 Å². The molecule has 0 bridgehead atoms. The molecule has 1 aliphatic heterocycles. The van der Waals surface area contributed by atoms with Crippen LogP contribution in [0.25, 0.3) is 11.1 Å². The number of hydrogen-bond acceptors (Lipinski definition) is 2. The van der Waals surface area contributed by atoms with Crippen LogP contribution in [0.3, 0.4) is 0 Å². The Morgan fingerprint density at radius 3 is 2.67 bits per heavy atom. The molecule has 2 aromatic rings. The third-order valence-electron chi connectivity index (χ3n) is 3.38. The highest BCUT2D eigenvalue weighted by atomic mass is 19.4. The van der Waals surface area contributed by atoms with Crippen molar-refractivity contribution >= 4 is 6.21 Å². The number of nitrogens with zero attached hydrogens (tertiary/aromatic N) is 2. The van der Waals surface area contributed by atoms with E-state index in [1.165, 1.54) is 0 Å². The van der Waals surface area contributed by atoms with Crippen LogP contribution in [-0.4, -0.2) is 6.21 Å². The molecule has 21 heavy (non-hydrogen) atoms. The third-order valence-corrected chi connectivity index (χ3v) is 3.38. The standard InChI is InChI=1S/C16H9F3N2/c17-16(18,19)13-5-12-8-21-9-15(12)14(6-13)11-3-1-2-10(4-11)7-20/h1-6,9H,8H2. The lowest BCUT2D eigenvalue weighted by Gasteiger charge is -2.13. The van der Waals surface area contributed by atoms with Gasteiger partial charge < -0.3 is 0 Å². The summed E-state index contributed by atoms with van der Waals surface area (Å²) in [5.41, 5.74) is 2.01. The number of alkyl halides is 3. The van der Waals surface area contributed by atoms with E-state index in [9.17, 15) is 13.2 Å². The minimum Gasteiger partial charge on any atom is -0.288 e. The van der Waals surface area contributed by atoms with Crippen LogP contribution >= 0.6 is 0 Å². The van der Waals surface area contributed by atoms with Crippen LogP contribution in [0.2, 0.25) is 0 Å². The second-order valence-electron chi connectivity index (χ2n) is 4.76. The monoisotopic (exact) mass is 286 g/mol. The van der Waals surface area contributed by atoms with Gasteiger partial charge in [0.15, 0.2) is 0 Å². The molecule has 1 heterocycles. The summed E-state index contributed by atoms with van der Waals surface area (Å²) in [6.45, 7) is 0.254. The molecule has 0 saturated heterocycles. The molecule has 1 aliphatic rings. The zero-order valence-electron chi connectivity index (χ0n) is 10.8. The SMILES string of the molecule is N#Cc1cccc(-c2cc(C(F)(F)F)cc3c2C=NC3)c1. The number of benzene rings is 2. The first-order valence-corrected chi connectivity index (χ1v) is 6.23. The Hall–Kier alpha value is -2.61. The van der Waals surface area contributed by atoms with Gasteiger partial charge in [0, 0.05) is 11.8 Å². The summed E-state index contributed by atoms with van der Waals surface area (Å²) in [5, 5.41) is 8.93. The number of rotatable bonds is 1. The molecule has 0 aromatic heterocycles. The van der Waals surface area contributed by atoms with Gasteiger partial charge in [-0.25, -0.2) is 0 Å². The van der Waals surface area contributed by atoms with Crippen molar-refractivity contribution in [1.82, 2.24) is 0 Å². The van der Waals surface area contributed by atoms with E-state index in [0.717, 1.165) is 12.1 Å². The Morgan fingerprint density at radius 1 is 1.14 bits per heavy atom. The van der Waals surface area contributed by atoms with Gasteiger partial charge in [-0.15, -0.1) is 0 Å². The number of nitriles is 1. The predicted octanol–water partition coefficient (Wildman–Crippen LogP) is 4.18. The average Bonchev–Trinajstić information content (AvgIpc) is 2.93. The Bertz CT molecular complexity index is 783. The lowest BCUT2D eigenvalue weighted by Crippen LogP contribution is -2.07. The molecule has 0 atom stereocenters. The van der Waals surface area contributed by atoms with Gasteiger partial charge in [-0.1, -0.05) is 12.1 Å². The normalized spacial score (nSPS) is 13.0. The molecule has 0 unspecified atom stereocenters. The van der Waals surface area contributed by atoms with Crippen molar-refractivity contribution in [3.8, 4) is 17.2 Å². The molecule has 104 valence electrons. The van der Waals surface area contributed by atoms with Crippen LogP contribution in [0.4, 0.5) is 13.2 Å². The molecule has 0 aliphatic carbocycles. The van der Waals surface area contributed by atoms with Crippen molar-refractivity contribution in [3.63, 3.8) is 0 Å². The zero-order valence-corrected chi connectivity index (χ0v) is 10.8. The van der Waals surface area contributed by atoms with Crippen molar-refractivity contribution in [3.05, 3.63) is 58.7 Å². The molecule has 0 amide bonds. The van der Waals surface area contributed by atoms with Gasteiger partial charge in [0.1, 0.15) is 0 Å². The minimum atomic E-state index is -4.40. The summed E-state index contributed by atoms with van der Waals surface area (Å²) in [7, 11) is 0. The lowest BCUT2D eigenvalue weighted by atomic mass is 9.93. The summed E-state index contributed by atoms with van der Waals surface area (Å²) in [5.74, 6) is 0. The van der Waals surface area contributed by atoms with Crippen LogP contribution in [0, 0.1) is 11.3 Å². The predicted molar refractivity (Wildman–Crippen MR) is 72.9 cm³/mol. The first-order chi connectivity index (χ1) is 9.99. The second kappa shape index (κ2) is 4.74. The molecule has 0 radical (unpaired) electrons. The Morgan fingerprint density at radius 2 is 1.95 bits per heavy atom. The van der Waals surface area contributed by atoms with E-state index < -0.39 is 11.7 Å². The lowest BCUT2D eigenvalue weighted by molar-refractivity contribution is -0.137.